The lowest BCUT2D eigenvalue weighted by atomic mass is 10.1. The number of hydrogen-bond donors (Lipinski definition) is 0. The molecule has 6 nitrogen and oxygen atoms in total. The van der Waals surface area contributed by atoms with E-state index >= 15 is 0 Å². The molecular formula is C52H86O6. The summed E-state index contributed by atoms with van der Waals surface area (Å²) in [4.78, 5) is 37.7. The number of ether oxygens (including phenoxy) is 3. The molecule has 1 unspecified atom stereocenters. The SMILES string of the molecule is CC/C=C\C/C=C\C/C=C\C/C=C\C/C=C\CC(=O)OC(COC(=O)CCCCCCCCCC)COC(=O)CCCCCCCCC/C=C\C/C=C\CCCCC. The first-order valence-corrected chi connectivity index (χ1v) is 23.6. The molecule has 0 saturated carbocycles. The summed E-state index contributed by atoms with van der Waals surface area (Å²) in [5, 5.41) is 0. The summed E-state index contributed by atoms with van der Waals surface area (Å²) in [7, 11) is 0. The van der Waals surface area contributed by atoms with Crippen LogP contribution in [0.2, 0.25) is 0 Å². The third-order valence-corrected chi connectivity index (χ3v) is 9.67. The van der Waals surface area contributed by atoms with Gasteiger partial charge in [-0.1, -0.05) is 196 Å². The number of carbonyl (C=O) groups is 3. The molecule has 0 fully saturated rings. The predicted octanol–water partition coefficient (Wildman–Crippen LogP) is 15.3. The standard InChI is InChI=1S/C52H86O6/c1-4-7-10-13-16-19-21-23-25-26-28-29-31-33-36-39-42-45-51(54)57-48-49(47-56-50(53)44-41-38-35-18-15-12-9-6-3)58-52(55)46-43-40-37-34-32-30-27-24-22-20-17-14-11-8-5-2/h8,11,16-17,19-20,23-25,27,32,34,40,43,49H,4-7,9-10,12-15,18,21-22,26,28-31,33,35-39,41-42,44-48H2,1-3H3/b11-8-,19-16-,20-17-,25-23-,27-24-,34-32-,43-40-. The number of esters is 3. The van der Waals surface area contributed by atoms with Gasteiger partial charge in [0.15, 0.2) is 6.10 Å². The zero-order valence-corrected chi connectivity index (χ0v) is 37.5. The molecule has 58 heavy (non-hydrogen) atoms. The van der Waals surface area contributed by atoms with Crippen molar-refractivity contribution >= 4 is 17.9 Å². The smallest absolute Gasteiger partial charge is 0.310 e. The monoisotopic (exact) mass is 807 g/mol. The minimum atomic E-state index is -0.830. The molecule has 0 aliphatic rings. The zero-order chi connectivity index (χ0) is 42.3. The van der Waals surface area contributed by atoms with Crippen LogP contribution >= 0.6 is 0 Å². The van der Waals surface area contributed by atoms with E-state index in [9.17, 15) is 14.4 Å². The highest BCUT2D eigenvalue weighted by atomic mass is 16.6. The van der Waals surface area contributed by atoms with Gasteiger partial charge in [0.1, 0.15) is 13.2 Å². The van der Waals surface area contributed by atoms with Gasteiger partial charge < -0.3 is 14.2 Å². The Kier molecular flexibility index (Phi) is 43.6. The van der Waals surface area contributed by atoms with Gasteiger partial charge in [-0.15, -0.1) is 0 Å². The Morgan fingerprint density at radius 2 is 0.724 bits per heavy atom. The van der Waals surface area contributed by atoms with Gasteiger partial charge in [0, 0.05) is 12.8 Å². The van der Waals surface area contributed by atoms with Gasteiger partial charge >= 0.3 is 17.9 Å². The maximum Gasteiger partial charge on any atom is 0.310 e. The lowest BCUT2D eigenvalue weighted by Crippen LogP contribution is -2.30. The predicted molar refractivity (Wildman–Crippen MR) is 247 cm³/mol. The maximum atomic E-state index is 12.7. The molecule has 0 aliphatic carbocycles. The summed E-state index contributed by atoms with van der Waals surface area (Å²) in [6.45, 7) is 6.36. The molecule has 0 rings (SSSR count). The summed E-state index contributed by atoms with van der Waals surface area (Å²) >= 11 is 0. The van der Waals surface area contributed by atoms with Gasteiger partial charge in [0.25, 0.3) is 0 Å². The Morgan fingerprint density at radius 1 is 0.379 bits per heavy atom. The van der Waals surface area contributed by atoms with Gasteiger partial charge in [-0.25, -0.2) is 0 Å². The van der Waals surface area contributed by atoms with Crippen LogP contribution in [0.4, 0.5) is 0 Å². The van der Waals surface area contributed by atoms with E-state index in [0.717, 1.165) is 83.5 Å². The van der Waals surface area contributed by atoms with Gasteiger partial charge in [0.05, 0.1) is 6.42 Å². The lowest BCUT2D eigenvalue weighted by Gasteiger charge is -2.18. The number of allylic oxidation sites excluding steroid dienone is 13. The molecule has 0 aromatic carbocycles. The van der Waals surface area contributed by atoms with E-state index in [4.69, 9.17) is 14.2 Å². The molecule has 0 aliphatic heterocycles. The molecule has 0 spiro atoms. The molecular weight excluding hydrogens is 721 g/mol. The van der Waals surface area contributed by atoms with Crippen molar-refractivity contribution in [2.24, 2.45) is 0 Å². The molecule has 6 heteroatoms. The Labute approximate surface area is 356 Å². The molecule has 0 N–H and O–H groups in total. The van der Waals surface area contributed by atoms with E-state index in [0.29, 0.717) is 12.8 Å². The van der Waals surface area contributed by atoms with Crippen LogP contribution in [0.3, 0.4) is 0 Å². The van der Waals surface area contributed by atoms with Crippen molar-refractivity contribution in [1.82, 2.24) is 0 Å². The zero-order valence-electron chi connectivity index (χ0n) is 37.5. The summed E-state index contributed by atoms with van der Waals surface area (Å²) in [6.07, 6.45) is 58.8. The molecule has 0 amide bonds. The van der Waals surface area contributed by atoms with Crippen molar-refractivity contribution in [2.75, 3.05) is 13.2 Å². The van der Waals surface area contributed by atoms with Gasteiger partial charge in [-0.3, -0.25) is 14.4 Å². The van der Waals surface area contributed by atoms with Crippen molar-refractivity contribution in [3.8, 4) is 0 Å². The number of hydrogen-bond acceptors (Lipinski definition) is 6. The summed E-state index contributed by atoms with van der Waals surface area (Å²) in [5.41, 5.74) is 0. The molecule has 330 valence electrons. The van der Waals surface area contributed by atoms with E-state index in [1.807, 2.05) is 6.08 Å². The normalized spacial score (nSPS) is 12.8. The van der Waals surface area contributed by atoms with Crippen LogP contribution in [-0.2, 0) is 28.6 Å². The van der Waals surface area contributed by atoms with E-state index in [-0.39, 0.29) is 31.6 Å². The summed E-state index contributed by atoms with van der Waals surface area (Å²) < 4.78 is 16.6. The second kappa shape index (κ2) is 46.3. The second-order valence-corrected chi connectivity index (χ2v) is 15.3. The fourth-order valence-electron chi connectivity index (χ4n) is 6.13. The van der Waals surface area contributed by atoms with Crippen LogP contribution in [0.15, 0.2) is 85.1 Å². The topological polar surface area (TPSA) is 78.9 Å². The number of carbonyl (C=O) groups excluding carboxylic acids is 3. The van der Waals surface area contributed by atoms with E-state index in [1.54, 1.807) is 6.08 Å². The first-order valence-electron chi connectivity index (χ1n) is 23.6. The minimum Gasteiger partial charge on any atom is -0.462 e. The van der Waals surface area contributed by atoms with Crippen molar-refractivity contribution in [3.63, 3.8) is 0 Å². The van der Waals surface area contributed by atoms with E-state index in [2.05, 4.69) is 93.7 Å². The fraction of sp³-hybridized carbons (Fsp3) is 0.673. The molecule has 0 aromatic rings. The third-order valence-electron chi connectivity index (χ3n) is 9.67. The average Bonchev–Trinajstić information content (AvgIpc) is 3.22. The van der Waals surface area contributed by atoms with Gasteiger partial charge in [-0.05, 0) is 77.0 Å². The van der Waals surface area contributed by atoms with Crippen LogP contribution < -0.4 is 0 Å². The summed E-state index contributed by atoms with van der Waals surface area (Å²) in [5.74, 6) is -1.07. The van der Waals surface area contributed by atoms with E-state index in [1.165, 1.54) is 83.5 Å². The maximum absolute atomic E-state index is 12.7. The molecule has 0 heterocycles. The molecule has 0 radical (unpaired) electrons. The highest BCUT2D eigenvalue weighted by Gasteiger charge is 2.19. The molecule has 1 atom stereocenters. The average molecular weight is 807 g/mol. The van der Waals surface area contributed by atoms with Crippen molar-refractivity contribution in [2.45, 2.75) is 213 Å². The van der Waals surface area contributed by atoms with Crippen LogP contribution in [0.5, 0.6) is 0 Å². The Hall–Kier alpha value is -3.41. The van der Waals surface area contributed by atoms with Gasteiger partial charge in [0.2, 0.25) is 0 Å². The Balaban J connectivity index is 4.46. The molecule has 0 aromatic heterocycles. The first-order chi connectivity index (χ1) is 28.5. The van der Waals surface area contributed by atoms with Gasteiger partial charge in [-0.2, -0.15) is 0 Å². The third kappa shape index (κ3) is 43.7. The highest BCUT2D eigenvalue weighted by Crippen LogP contribution is 2.13. The number of rotatable bonds is 41. The largest absolute Gasteiger partial charge is 0.462 e. The van der Waals surface area contributed by atoms with Crippen LogP contribution in [-0.4, -0.2) is 37.2 Å². The lowest BCUT2D eigenvalue weighted by molar-refractivity contribution is -0.166. The fourth-order valence-corrected chi connectivity index (χ4v) is 6.13. The summed E-state index contributed by atoms with van der Waals surface area (Å²) in [6, 6.07) is 0. The second-order valence-electron chi connectivity index (χ2n) is 15.3. The Morgan fingerprint density at radius 3 is 1.17 bits per heavy atom. The molecule has 0 saturated heterocycles. The van der Waals surface area contributed by atoms with Crippen LogP contribution in [0.1, 0.15) is 207 Å². The van der Waals surface area contributed by atoms with Crippen molar-refractivity contribution < 1.29 is 28.6 Å². The van der Waals surface area contributed by atoms with Crippen LogP contribution in [0.25, 0.3) is 0 Å². The number of unbranched alkanes of at least 4 members (excludes halogenated alkanes) is 17. The quantitative estimate of drug-likeness (QED) is 0.0265. The minimum absolute atomic E-state index is 0.0950. The van der Waals surface area contributed by atoms with Crippen LogP contribution in [0, 0.1) is 0 Å². The molecule has 0 bridgehead atoms. The highest BCUT2D eigenvalue weighted by molar-refractivity contribution is 5.72. The van der Waals surface area contributed by atoms with E-state index < -0.39 is 12.1 Å². The van der Waals surface area contributed by atoms with Crippen molar-refractivity contribution in [1.29, 1.82) is 0 Å². The Bertz CT molecular complexity index is 1160. The van der Waals surface area contributed by atoms with Crippen molar-refractivity contribution in [3.05, 3.63) is 85.1 Å². The first kappa shape index (κ1) is 54.6.